The first-order valence-electron chi connectivity index (χ1n) is 7.53. The maximum Gasteiger partial charge on any atom is 0.314 e. The van der Waals surface area contributed by atoms with E-state index in [2.05, 4.69) is 34.9 Å². The van der Waals surface area contributed by atoms with Gasteiger partial charge >= 0.3 is 6.03 Å². The van der Waals surface area contributed by atoms with Crippen LogP contribution in [0.3, 0.4) is 0 Å². The van der Waals surface area contributed by atoms with E-state index >= 15 is 0 Å². The molecule has 0 aromatic heterocycles. The summed E-state index contributed by atoms with van der Waals surface area (Å²) in [6.45, 7) is 1.08. The Kier molecular flexibility index (Phi) is 6.45. The van der Waals surface area contributed by atoms with E-state index in [1.165, 1.54) is 11.1 Å². The summed E-state index contributed by atoms with van der Waals surface area (Å²) in [6, 6.07) is 20.1. The molecule has 3 N–H and O–H groups in total. The van der Waals surface area contributed by atoms with E-state index in [1.807, 2.05) is 36.4 Å². The second-order valence-corrected chi connectivity index (χ2v) is 5.09. The zero-order valence-electron chi connectivity index (χ0n) is 12.5. The first kappa shape index (κ1) is 16.0. The molecule has 22 heavy (non-hydrogen) atoms. The molecule has 0 bridgehead atoms. The normalized spacial score (nSPS) is 10.5. The Balaban J connectivity index is 2.02. The number of urea groups is 1. The van der Waals surface area contributed by atoms with Crippen LogP contribution in [0.2, 0.25) is 0 Å². The molecule has 0 aliphatic rings. The van der Waals surface area contributed by atoms with Crippen LogP contribution < -0.4 is 10.6 Å². The summed E-state index contributed by atoms with van der Waals surface area (Å²) in [5.41, 5.74) is 2.34. The van der Waals surface area contributed by atoms with Crippen LogP contribution in [0.5, 0.6) is 0 Å². The molecule has 2 rings (SSSR count). The van der Waals surface area contributed by atoms with Crippen molar-refractivity contribution in [1.29, 1.82) is 0 Å². The number of rotatable bonds is 7. The van der Waals surface area contributed by atoms with Crippen molar-refractivity contribution in [2.24, 2.45) is 0 Å². The minimum Gasteiger partial charge on any atom is -0.396 e. The molecule has 4 nitrogen and oxygen atoms in total. The minimum absolute atomic E-state index is 0.0803. The van der Waals surface area contributed by atoms with E-state index in [0.29, 0.717) is 19.5 Å². The van der Waals surface area contributed by atoms with Gasteiger partial charge in [0, 0.05) is 25.6 Å². The molecule has 0 atom stereocenters. The molecule has 0 unspecified atom stereocenters. The molecule has 0 heterocycles. The Morgan fingerprint density at radius 2 is 1.45 bits per heavy atom. The lowest BCUT2D eigenvalue weighted by molar-refractivity contribution is 0.238. The molecule has 2 amide bonds. The maximum absolute atomic E-state index is 11.8. The van der Waals surface area contributed by atoms with Gasteiger partial charge in [0.2, 0.25) is 0 Å². The standard InChI is InChI=1S/C18H22N2O2/c21-13-7-12-19-18(22)20-14-17(15-8-3-1-4-9-15)16-10-5-2-6-11-16/h1-6,8-11,17,21H,7,12-14H2,(H2,19,20,22). The summed E-state index contributed by atoms with van der Waals surface area (Å²) < 4.78 is 0. The Bertz CT molecular complexity index is 518. The second kappa shape index (κ2) is 8.85. The number of carbonyl (C=O) groups is 1. The molecule has 0 aliphatic heterocycles. The van der Waals surface area contributed by atoms with Crippen molar-refractivity contribution in [3.63, 3.8) is 0 Å². The topological polar surface area (TPSA) is 61.4 Å². The zero-order chi connectivity index (χ0) is 15.6. The minimum atomic E-state index is -0.203. The van der Waals surface area contributed by atoms with E-state index in [9.17, 15) is 4.79 Å². The average molecular weight is 298 g/mol. The van der Waals surface area contributed by atoms with Gasteiger partial charge in [0.1, 0.15) is 0 Å². The van der Waals surface area contributed by atoms with Crippen molar-refractivity contribution in [2.45, 2.75) is 12.3 Å². The van der Waals surface area contributed by atoms with Crippen LogP contribution >= 0.6 is 0 Å². The molecule has 2 aromatic carbocycles. The van der Waals surface area contributed by atoms with Crippen LogP contribution in [0, 0.1) is 0 Å². The average Bonchev–Trinajstić information content (AvgIpc) is 2.57. The van der Waals surface area contributed by atoms with E-state index in [4.69, 9.17) is 5.11 Å². The summed E-state index contributed by atoms with van der Waals surface area (Å²) in [4.78, 5) is 11.8. The quantitative estimate of drug-likeness (QED) is 0.688. The number of aliphatic hydroxyl groups is 1. The van der Waals surface area contributed by atoms with Gasteiger partial charge in [0.15, 0.2) is 0 Å². The molecule has 0 saturated carbocycles. The highest BCUT2D eigenvalue weighted by atomic mass is 16.3. The fourth-order valence-electron chi connectivity index (χ4n) is 2.34. The lowest BCUT2D eigenvalue weighted by Crippen LogP contribution is -2.38. The van der Waals surface area contributed by atoms with E-state index in [1.54, 1.807) is 0 Å². The highest BCUT2D eigenvalue weighted by Crippen LogP contribution is 2.23. The van der Waals surface area contributed by atoms with Gasteiger partial charge in [-0.2, -0.15) is 0 Å². The summed E-state index contributed by atoms with van der Waals surface area (Å²) >= 11 is 0. The van der Waals surface area contributed by atoms with Gasteiger partial charge in [-0.15, -0.1) is 0 Å². The van der Waals surface area contributed by atoms with Gasteiger partial charge in [-0.25, -0.2) is 4.79 Å². The van der Waals surface area contributed by atoms with Gasteiger partial charge < -0.3 is 15.7 Å². The monoisotopic (exact) mass is 298 g/mol. The molecule has 0 spiro atoms. The molecule has 116 valence electrons. The van der Waals surface area contributed by atoms with Crippen molar-refractivity contribution in [1.82, 2.24) is 10.6 Å². The van der Waals surface area contributed by atoms with Crippen LogP contribution in [0.1, 0.15) is 23.5 Å². The van der Waals surface area contributed by atoms with Gasteiger partial charge in [-0.3, -0.25) is 0 Å². The van der Waals surface area contributed by atoms with Crippen LogP contribution in [0.15, 0.2) is 60.7 Å². The Hall–Kier alpha value is -2.33. The first-order valence-corrected chi connectivity index (χ1v) is 7.53. The maximum atomic E-state index is 11.8. The van der Waals surface area contributed by atoms with E-state index < -0.39 is 0 Å². The van der Waals surface area contributed by atoms with Crippen molar-refractivity contribution >= 4 is 6.03 Å². The molecular formula is C18H22N2O2. The predicted molar refractivity (Wildman–Crippen MR) is 87.8 cm³/mol. The van der Waals surface area contributed by atoms with Crippen molar-refractivity contribution in [3.05, 3.63) is 71.8 Å². The molecule has 0 fully saturated rings. The van der Waals surface area contributed by atoms with Crippen molar-refractivity contribution < 1.29 is 9.90 Å². The predicted octanol–water partition coefficient (Wildman–Crippen LogP) is 2.50. The fourth-order valence-corrected chi connectivity index (χ4v) is 2.34. The van der Waals surface area contributed by atoms with Crippen LogP contribution in [-0.2, 0) is 0 Å². The first-order chi connectivity index (χ1) is 10.8. The highest BCUT2D eigenvalue weighted by Gasteiger charge is 2.14. The molecule has 0 saturated heterocycles. The number of carbonyl (C=O) groups excluding carboxylic acids is 1. The number of nitrogens with one attached hydrogen (secondary N) is 2. The van der Waals surface area contributed by atoms with Crippen molar-refractivity contribution in [3.8, 4) is 0 Å². The molecular weight excluding hydrogens is 276 g/mol. The number of hydrogen-bond donors (Lipinski definition) is 3. The summed E-state index contributed by atoms with van der Waals surface area (Å²) in [5.74, 6) is 0.117. The fraction of sp³-hybridized carbons (Fsp3) is 0.278. The lowest BCUT2D eigenvalue weighted by Gasteiger charge is -2.19. The van der Waals surface area contributed by atoms with Crippen LogP contribution in [0.4, 0.5) is 4.79 Å². The van der Waals surface area contributed by atoms with Gasteiger partial charge in [-0.05, 0) is 17.5 Å². The molecule has 0 radical (unpaired) electrons. The Morgan fingerprint density at radius 3 is 1.95 bits per heavy atom. The SMILES string of the molecule is O=C(NCCCO)NCC(c1ccccc1)c1ccccc1. The van der Waals surface area contributed by atoms with Crippen LogP contribution in [-0.4, -0.2) is 30.8 Å². The Morgan fingerprint density at radius 1 is 0.909 bits per heavy atom. The number of aliphatic hydroxyl groups excluding tert-OH is 1. The number of amides is 2. The highest BCUT2D eigenvalue weighted by molar-refractivity contribution is 5.73. The Labute approximate surface area is 131 Å². The van der Waals surface area contributed by atoms with E-state index in [-0.39, 0.29) is 18.6 Å². The third kappa shape index (κ3) is 4.90. The summed E-state index contributed by atoms with van der Waals surface area (Å²) in [5, 5.41) is 14.4. The third-order valence-electron chi connectivity index (χ3n) is 3.49. The van der Waals surface area contributed by atoms with Gasteiger partial charge in [0.25, 0.3) is 0 Å². The third-order valence-corrected chi connectivity index (χ3v) is 3.49. The van der Waals surface area contributed by atoms with Gasteiger partial charge in [-0.1, -0.05) is 60.7 Å². The van der Waals surface area contributed by atoms with E-state index in [0.717, 1.165) is 0 Å². The molecule has 4 heteroatoms. The summed E-state index contributed by atoms with van der Waals surface area (Å²) in [6.07, 6.45) is 0.564. The van der Waals surface area contributed by atoms with Gasteiger partial charge in [0.05, 0.1) is 0 Å². The zero-order valence-corrected chi connectivity index (χ0v) is 12.5. The second-order valence-electron chi connectivity index (χ2n) is 5.09. The largest absolute Gasteiger partial charge is 0.396 e. The van der Waals surface area contributed by atoms with Crippen molar-refractivity contribution in [2.75, 3.05) is 19.7 Å². The molecule has 0 aliphatic carbocycles. The summed E-state index contributed by atoms with van der Waals surface area (Å²) in [7, 11) is 0. The smallest absolute Gasteiger partial charge is 0.314 e. The van der Waals surface area contributed by atoms with Crippen LogP contribution in [0.25, 0.3) is 0 Å². The molecule has 2 aromatic rings. The number of benzene rings is 2. The lowest BCUT2D eigenvalue weighted by atomic mass is 9.91. The number of hydrogen-bond acceptors (Lipinski definition) is 2.